The first kappa shape index (κ1) is 27.1. The van der Waals surface area contributed by atoms with Crippen LogP contribution in [0, 0.1) is 0 Å². The molecule has 2 aromatic heterocycles. The van der Waals surface area contributed by atoms with Crippen molar-refractivity contribution >= 4 is 39.1 Å². The van der Waals surface area contributed by atoms with Gasteiger partial charge in [0.2, 0.25) is 5.88 Å². The highest BCUT2D eigenvalue weighted by atomic mass is 16.4. The number of nitrogens with zero attached hydrogens (tertiary/aromatic N) is 3. The highest BCUT2D eigenvalue weighted by Gasteiger charge is 2.54. The van der Waals surface area contributed by atoms with Gasteiger partial charge in [0.05, 0.1) is 16.6 Å². The molecule has 3 heterocycles. The third kappa shape index (κ3) is 3.30. The maximum atomic E-state index is 7.62. The minimum atomic E-state index is -0.642. The zero-order chi connectivity index (χ0) is 33.3. The highest BCUT2D eigenvalue weighted by molar-refractivity contribution is 6.20. The predicted molar refractivity (Wildman–Crippen MR) is 205 cm³/mol. The normalized spacial score (nSPS) is 14.0. The van der Waals surface area contributed by atoms with Crippen LogP contribution in [-0.2, 0) is 5.41 Å². The molecule has 2 aliphatic carbocycles. The lowest BCUT2D eigenvalue weighted by Crippen LogP contribution is -2.31. The van der Waals surface area contributed by atoms with Crippen LogP contribution in [0.4, 0.5) is 17.4 Å². The van der Waals surface area contributed by atoms with Gasteiger partial charge in [0.15, 0.2) is 11.6 Å². The van der Waals surface area contributed by atoms with Crippen molar-refractivity contribution in [1.29, 1.82) is 0 Å². The van der Waals surface area contributed by atoms with E-state index >= 15 is 0 Å². The van der Waals surface area contributed by atoms with E-state index in [2.05, 4.69) is 144 Å². The van der Waals surface area contributed by atoms with Crippen molar-refractivity contribution in [2.45, 2.75) is 5.41 Å². The summed E-state index contributed by atoms with van der Waals surface area (Å²) in [5.74, 6) is 3.21. The molecule has 0 saturated heterocycles. The fraction of sp³-hybridized carbons (Fsp3) is 0.0213. The molecule has 1 spiro atoms. The van der Waals surface area contributed by atoms with Gasteiger partial charge >= 0.3 is 0 Å². The van der Waals surface area contributed by atoms with Crippen molar-refractivity contribution in [2.75, 3.05) is 4.90 Å². The average molecular weight is 650 g/mol. The molecule has 0 fully saturated rings. The van der Waals surface area contributed by atoms with Crippen LogP contribution in [0.2, 0.25) is 0 Å². The molecule has 7 aromatic carbocycles. The van der Waals surface area contributed by atoms with Gasteiger partial charge in [-0.15, -0.1) is 0 Å². The molecular weight excluding hydrogens is 623 g/mol. The minimum Gasteiger partial charge on any atom is -0.442 e. The second-order valence-electron chi connectivity index (χ2n) is 13.6. The molecule has 51 heavy (non-hydrogen) atoms. The van der Waals surface area contributed by atoms with Crippen LogP contribution in [0.3, 0.4) is 0 Å². The minimum absolute atomic E-state index is 0.642. The van der Waals surface area contributed by atoms with Crippen molar-refractivity contribution in [2.24, 2.45) is 0 Å². The van der Waals surface area contributed by atoms with Gasteiger partial charge in [-0.25, -0.2) is 9.97 Å². The van der Waals surface area contributed by atoms with Crippen LogP contribution < -0.4 is 4.90 Å². The number of furan rings is 1. The van der Waals surface area contributed by atoms with Gasteiger partial charge in [-0.3, -0.25) is 4.90 Å². The number of anilines is 3. The van der Waals surface area contributed by atoms with Crippen LogP contribution in [0.1, 0.15) is 22.5 Å². The van der Waals surface area contributed by atoms with Gasteiger partial charge in [0.1, 0.15) is 11.2 Å². The van der Waals surface area contributed by atoms with E-state index in [0.717, 1.165) is 56.0 Å². The molecule has 0 N–H and O–H groups in total. The summed E-state index contributed by atoms with van der Waals surface area (Å²) in [6.45, 7) is 0. The zero-order valence-electron chi connectivity index (χ0n) is 27.3. The summed E-state index contributed by atoms with van der Waals surface area (Å²) in [6.07, 6.45) is 0. The Morgan fingerprint density at radius 1 is 0.451 bits per heavy atom. The Morgan fingerprint density at radius 3 is 1.71 bits per heavy atom. The summed E-state index contributed by atoms with van der Waals surface area (Å²) in [5, 5.41) is 3.23. The van der Waals surface area contributed by atoms with Crippen molar-refractivity contribution in [3.05, 3.63) is 186 Å². The molecule has 4 nitrogen and oxygen atoms in total. The van der Waals surface area contributed by atoms with E-state index in [4.69, 9.17) is 14.4 Å². The van der Waals surface area contributed by atoms with E-state index in [0.29, 0.717) is 5.82 Å². The van der Waals surface area contributed by atoms with Gasteiger partial charge in [0, 0.05) is 21.9 Å². The summed E-state index contributed by atoms with van der Waals surface area (Å²) in [6, 6.07) is 58.4. The number of fused-ring (bicyclic) bond motifs is 12. The molecular formula is C47H27N3O. The van der Waals surface area contributed by atoms with Crippen molar-refractivity contribution in [3.8, 4) is 44.8 Å². The second-order valence-corrected chi connectivity index (χ2v) is 13.6. The molecule has 3 aliphatic rings. The molecule has 0 amide bonds. The Hall–Kier alpha value is -6.78. The largest absolute Gasteiger partial charge is 0.442 e. The van der Waals surface area contributed by atoms with Crippen molar-refractivity contribution in [3.63, 3.8) is 0 Å². The molecule has 0 unspecified atom stereocenters. The third-order valence-electron chi connectivity index (χ3n) is 11.2. The number of benzene rings is 7. The number of aromatic nitrogens is 2. The van der Waals surface area contributed by atoms with E-state index in [9.17, 15) is 0 Å². The molecule has 0 bridgehead atoms. The van der Waals surface area contributed by atoms with Crippen LogP contribution in [-0.4, -0.2) is 9.97 Å². The fourth-order valence-electron chi connectivity index (χ4n) is 9.23. The number of hydrogen-bond donors (Lipinski definition) is 0. The van der Waals surface area contributed by atoms with Crippen molar-refractivity contribution in [1.82, 2.24) is 9.97 Å². The molecule has 12 rings (SSSR count). The SMILES string of the molecule is c1ccc(-c2nc(N3c4ccccc4-c4ccc5c6c(oc3c46)C3(c4ccccc4-c4ccccc43)c3ccccc3-5)c3ccccc3n2)cc1. The summed E-state index contributed by atoms with van der Waals surface area (Å²) in [7, 11) is 0. The summed E-state index contributed by atoms with van der Waals surface area (Å²) in [4.78, 5) is 12.7. The van der Waals surface area contributed by atoms with Crippen LogP contribution in [0.15, 0.2) is 168 Å². The summed E-state index contributed by atoms with van der Waals surface area (Å²) < 4.78 is 7.62. The third-order valence-corrected chi connectivity index (χ3v) is 11.2. The van der Waals surface area contributed by atoms with Crippen LogP contribution in [0.5, 0.6) is 0 Å². The summed E-state index contributed by atoms with van der Waals surface area (Å²) in [5.41, 5.74) is 13.2. The Balaban J connectivity index is 1.26. The smallest absolute Gasteiger partial charge is 0.214 e. The van der Waals surface area contributed by atoms with Gasteiger partial charge in [-0.2, -0.15) is 0 Å². The number of hydrogen-bond acceptors (Lipinski definition) is 4. The van der Waals surface area contributed by atoms with Gasteiger partial charge in [-0.1, -0.05) is 146 Å². The number of para-hydroxylation sites is 2. The Morgan fingerprint density at radius 2 is 1.00 bits per heavy atom. The van der Waals surface area contributed by atoms with Crippen LogP contribution >= 0.6 is 0 Å². The monoisotopic (exact) mass is 649 g/mol. The maximum Gasteiger partial charge on any atom is 0.214 e. The van der Waals surface area contributed by atoms with Gasteiger partial charge in [0.25, 0.3) is 0 Å². The Bertz CT molecular complexity index is 2890. The first-order chi connectivity index (χ1) is 25.3. The molecule has 4 heteroatoms. The van der Waals surface area contributed by atoms with E-state index < -0.39 is 5.41 Å². The van der Waals surface area contributed by atoms with Crippen molar-refractivity contribution < 1.29 is 4.42 Å². The molecule has 0 atom stereocenters. The highest BCUT2D eigenvalue weighted by Crippen LogP contribution is 2.65. The van der Waals surface area contributed by atoms with E-state index in [1.54, 1.807) is 0 Å². The zero-order valence-corrected chi connectivity index (χ0v) is 27.3. The van der Waals surface area contributed by atoms with Gasteiger partial charge < -0.3 is 4.42 Å². The average Bonchev–Trinajstić information content (AvgIpc) is 3.74. The van der Waals surface area contributed by atoms with Crippen LogP contribution in [0.25, 0.3) is 66.4 Å². The van der Waals surface area contributed by atoms with E-state index in [1.807, 2.05) is 24.3 Å². The topological polar surface area (TPSA) is 42.2 Å². The maximum absolute atomic E-state index is 7.62. The lowest BCUT2D eigenvalue weighted by atomic mass is 9.64. The van der Waals surface area contributed by atoms with E-state index in [1.165, 1.54) is 44.5 Å². The van der Waals surface area contributed by atoms with Gasteiger partial charge in [-0.05, 0) is 62.7 Å². The standard InChI is InChI=1S/C47H27N3O/c1-2-14-28(15-3-1)44-48-39-24-12-7-20-35(39)45(49-44)50-40-25-13-8-19-32(40)34-27-26-33-31-18-6-11-23-38(31)47(43-41(33)42(34)46(50)51-43)36-21-9-4-16-29(36)30-17-5-10-22-37(30)47/h1-27H. The molecule has 0 saturated carbocycles. The number of rotatable bonds is 2. The molecule has 9 aromatic rings. The Labute approximate surface area is 293 Å². The van der Waals surface area contributed by atoms with E-state index in [-0.39, 0.29) is 0 Å². The first-order valence-corrected chi connectivity index (χ1v) is 17.4. The quantitative estimate of drug-likeness (QED) is 0.187. The molecule has 236 valence electrons. The lowest BCUT2D eigenvalue weighted by Gasteiger charge is -2.36. The summed E-state index contributed by atoms with van der Waals surface area (Å²) >= 11 is 0. The first-order valence-electron chi connectivity index (χ1n) is 17.4. The predicted octanol–water partition coefficient (Wildman–Crippen LogP) is 11.8. The lowest BCUT2D eigenvalue weighted by molar-refractivity contribution is 0.477. The Kier molecular flexibility index (Phi) is 5.14. The fourth-order valence-corrected chi connectivity index (χ4v) is 9.23. The second kappa shape index (κ2) is 9.68. The molecule has 0 radical (unpaired) electrons. The molecule has 1 aliphatic heterocycles.